The maximum atomic E-state index is 12.0. The zero-order chi connectivity index (χ0) is 18.2. The van der Waals surface area contributed by atoms with Crippen molar-refractivity contribution in [3.05, 3.63) is 29.8 Å². The maximum absolute atomic E-state index is 12.0. The molecule has 1 aromatic rings. The second-order valence-corrected chi connectivity index (χ2v) is 6.67. The maximum Gasteiger partial charge on any atom is 0.250 e. The van der Waals surface area contributed by atoms with E-state index in [1.165, 1.54) is 6.42 Å². The van der Waals surface area contributed by atoms with E-state index in [1.807, 2.05) is 6.07 Å². The van der Waals surface area contributed by atoms with Crippen molar-refractivity contribution in [1.29, 1.82) is 5.26 Å². The number of benzene rings is 1. The molecule has 0 unspecified atom stereocenters. The number of nitriles is 1. The quantitative estimate of drug-likeness (QED) is 0.830. The summed E-state index contributed by atoms with van der Waals surface area (Å²) in [4.78, 5) is 23.8. The van der Waals surface area contributed by atoms with Gasteiger partial charge in [0.15, 0.2) is 0 Å². The topological polar surface area (TPSA) is 91.2 Å². The zero-order valence-corrected chi connectivity index (χ0v) is 14.7. The van der Waals surface area contributed by atoms with Crippen LogP contribution in [0.5, 0.6) is 0 Å². The largest absolute Gasteiger partial charge is 0.362 e. The first-order valence-corrected chi connectivity index (χ1v) is 8.66. The lowest BCUT2D eigenvalue weighted by Crippen LogP contribution is -2.45. The van der Waals surface area contributed by atoms with Gasteiger partial charge in [-0.3, -0.25) is 9.59 Å². The fourth-order valence-electron chi connectivity index (χ4n) is 3.10. The van der Waals surface area contributed by atoms with Gasteiger partial charge in [0, 0.05) is 11.7 Å². The molecule has 1 saturated carbocycles. The molecule has 0 heterocycles. The highest BCUT2D eigenvalue weighted by Crippen LogP contribution is 2.29. The molecule has 2 rings (SSSR count). The summed E-state index contributed by atoms with van der Waals surface area (Å²) in [6, 6.07) is 8.74. The molecule has 2 amide bonds. The number of hydrogen-bond donors (Lipinski definition) is 2. The van der Waals surface area contributed by atoms with Crippen molar-refractivity contribution in [2.24, 2.45) is 11.8 Å². The van der Waals surface area contributed by atoms with Crippen LogP contribution in [0.1, 0.15) is 38.7 Å². The zero-order valence-electron chi connectivity index (χ0n) is 14.7. The van der Waals surface area contributed by atoms with E-state index in [0.717, 1.165) is 12.8 Å². The molecule has 1 fully saturated rings. The Morgan fingerprint density at radius 2 is 1.84 bits per heavy atom. The molecule has 0 aliphatic heterocycles. The van der Waals surface area contributed by atoms with Crippen molar-refractivity contribution in [3.63, 3.8) is 0 Å². The van der Waals surface area contributed by atoms with Crippen molar-refractivity contribution < 1.29 is 14.3 Å². The summed E-state index contributed by atoms with van der Waals surface area (Å²) in [7, 11) is 0. The minimum absolute atomic E-state index is 0.127. The van der Waals surface area contributed by atoms with Crippen LogP contribution in [0.25, 0.3) is 0 Å². The molecular formula is C19H25N3O3. The van der Waals surface area contributed by atoms with E-state index in [2.05, 4.69) is 24.5 Å². The van der Waals surface area contributed by atoms with Crippen LogP contribution in [0, 0.1) is 23.2 Å². The number of amides is 2. The first kappa shape index (κ1) is 18.9. The molecule has 1 aliphatic rings. The lowest BCUT2D eigenvalue weighted by molar-refractivity contribution is -0.129. The molecular weight excluding hydrogens is 318 g/mol. The molecule has 0 saturated heterocycles. The Hall–Kier alpha value is -2.39. The van der Waals surface area contributed by atoms with Crippen LogP contribution in [0.15, 0.2) is 24.3 Å². The molecule has 0 aromatic heterocycles. The van der Waals surface area contributed by atoms with E-state index in [-0.39, 0.29) is 31.1 Å². The number of anilines is 1. The highest BCUT2D eigenvalue weighted by molar-refractivity contribution is 5.91. The van der Waals surface area contributed by atoms with Crippen LogP contribution in [-0.2, 0) is 14.3 Å². The summed E-state index contributed by atoms with van der Waals surface area (Å²) >= 11 is 0. The molecule has 1 aromatic carbocycles. The third-order valence-corrected chi connectivity index (χ3v) is 4.82. The fraction of sp³-hybridized carbons (Fsp3) is 0.526. The van der Waals surface area contributed by atoms with Crippen LogP contribution in [0.4, 0.5) is 5.69 Å². The Morgan fingerprint density at radius 1 is 1.16 bits per heavy atom. The molecule has 0 bridgehead atoms. The van der Waals surface area contributed by atoms with Gasteiger partial charge in [0.05, 0.1) is 11.6 Å². The summed E-state index contributed by atoms with van der Waals surface area (Å²) < 4.78 is 5.20. The van der Waals surface area contributed by atoms with Crippen LogP contribution in [0.3, 0.4) is 0 Å². The predicted molar refractivity (Wildman–Crippen MR) is 94.7 cm³/mol. The molecule has 0 radical (unpaired) electrons. The molecule has 6 nitrogen and oxygen atoms in total. The standard InChI is InChI=1S/C19H25N3O3/c1-13-4-3-5-17(14(13)2)22-19(24)12-25-11-18(23)21-16-8-6-15(10-20)7-9-16/h6-9,13-14,17H,3-5,11-12H2,1-2H3,(H,21,23)(H,22,24)/t13-,14-,17+/m1/s1. The van der Waals surface area contributed by atoms with Crippen LogP contribution in [0.2, 0.25) is 0 Å². The molecule has 134 valence electrons. The summed E-state index contributed by atoms with van der Waals surface area (Å²) in [5.74, 6) is 0.546. The summed E-state index contributed by atoms with van der Waals surface area (Å²) in [6.07, 6.45) is 3.33. The number of nitrogens with one attached hydrogen (secondary N) is 2. The van der Waals surface area contributed by atoms with E-state index < -0.39 is 0 Å². The second kappa shape index (κ2) is 9.19. The van der Waals surface area contributed by atoms with E-state index in [4.69, 9.17) is 10.00 Å². The Kier molecular flexibility index (Phi) is 6.96. The Balaban J connectivity index is 1.68. The van der Waals surface area contributed by atoms with E-state index in [0.29, 0.717) is 23.1 Å². The lowest BCUT2D eigenvalue weighted by Gasteiger charge is -2.34. The van der Waals surface area contributed by atoms with Crippen molar-refractivity contribution in [1.82, 2.24) is 5.32 Å². The van der Waals surface area contributed by atoms with Gasteiger partial charge in [-0.15, -0.1) is 0 Å². The summed E-state index contributed by atoms with van der Waals surface area (Å²) in [6.45, 7) is 4.07. The molecule has 0 spiro atoms. The number of carbonyl (C=O) groups excluding carboxylic acids is 2. The Bertz CT molecular complexity index is 636. The smallest absolute Gasteiger partial charge is 0.250 e. The van der Waals surface area contributed by atoms with Gasteiger partial charge < -0.3 is 15.4 Å². The summed E-state index contributed by atoms with van der Waals surface area (Å²) in [5, 5.41) is 14.4. The normalized spacial score (nSPS) is 22.7. The highest BCUT2D eigenvalue weighted by Gasteiger charge is 2.28. The van der Waals surface area contributed by atoms with Crippen LogP contribution >= 0.6 is 0 Å². The molecule has 6 heteroatoms. The van der Waals surface area contributed by atoms with Crippen LogP contribution < -0.4 is 10.6 Å². The number of rotatable bonds is 6. The second-order valence-electron chi connectivity index (χ2n) is 6.67. The first-order chi connectivity index (χ1) is 12.0. The van der Waals surface area contributed by atoms with Crippen molar-refractivity contribution in [2.75, 3.05) is 18.5 Å². The van der Waals surface area contributed by atoms with Gasteiger partial charge in [0.2, 0.25) is 11.8 Å². The first-order valence-electron chi connectivity index (χ1n) is 8.66. The Labute approximate surface area is 148 Å². The predicted octanol–water partition coefficient (Wildman–Crippen LogP) is 2.45. The van der Waals surface area contributed by atoms with Crippen molar-refractivity contribution >= 4 is 17.5 Å². The molecule has 2 N–H and O–H groups in total. The fourth-order valence-corrected chi connectivity index (χ4v) is 3.10. The van der Waals surface area contributed by atoms with Crippen molar-refractivity contribution in [3.8, 4) is 6.07 Å². The van der Waals surface area contributed by atoms with Crippen molar-refractivity contribution in [2.45, 2.75) is 39.2 Å². The number of hydrogen-bond acceptors (Lipinski definition) is 4. The average molecular weight is 343 g/mol. The van der Waals surface area contributed by atoms with Gasteiger partial charge in [0.1, 0.15) is 13.2 Å². The number of ether oxygens (including phenoxy) is 1. The van der Waals surface area contributed by atoms with Crippen LogP contribution in [-0.4, -0.2) is 31.1 Å². The third-order valence-electron chi connectivity index (χ3n) is 4.82. The molecule has 3 atom stereocenters. The van der Waals surface area contributed by atoms with Gasteiger partial charge >= 0.3 is 0 Å². The minimum Gasteiger partial charge on any atom is -0.362 e. The minimum atomic E-state index is -0.336. The van der Waals surface area contributed by atoms with E-state index >= 15 is 0 Å². The Morgan fingerprint density at radius 3 is 2.52 bits per heavy atom. The van der Waals surface area contributed by atoms with Gasteiger partial charge in [-0.1, -0.05) is 26.7 Å². The SMILES string of the molecule is C[C@@H]1[C@H](C)CCC[C@@H]1NC(=O)COCC(=O)Nc1ccc(C#N)cc1. The van der Waals surface area contributed by atoms with Gasteiger partial charge in [0.25, 0.3) is 0 Å². The van der Waals surface area contributed by atoms with E-state index in [9.17, 15) is 9.59 Å². The highest BCUT2D eigenvalue weighted by atomic mass is 16.5. The monoisotopic (exact) mass is 343 g/mol. The lowest BCUT2D eigenvalue weighted by atomic mass is 9.78. The van der Waals surface area contributed by atoms with E-state index in [1.54, 1.807) is 24.3 Å². The number of carbonyl (C=O) groups is 2. The molecule has 1 aliphatic carbocycles. The average Bonchev–Trinajstić information content (AvgIpc) is 2.59. The number of nitrogens with zero attached hydrogens (tertiary/aromatic N) is 1. The van der Waals surface area contributed by atoms with Gasteiger partial charge in [-0.25, -0.2) is 0 Å². The van der Waals surface area contributed by atoms with Gasteiger partial charge in [-0.05, 0) is 42.5 Å². The third kappa shape index (κ3) is 5.87. The molecule has 25 heavy (non-hydrogen) atoms. The van der Waals surface area contributed by atoms with Gasteiger partial charge in [-0.2, -0.15) is 5.26 Å². The summed E-state index contributed by atoms with van der Waals surface area (Å²) in [5.41, 5.74) is 1.11.